The molecule has 0 unspecified atom stereocenters. The lowest BCUT2D eigenvalue weighted by Crippen LogP contribution is -1.89. The molecule has 16 heavy (non-hydrogen) atoms. The van der Waals surface area contributed by atoms with Crippen molar-refractivity contribution in [1.82, 2.24) is 0 Å². The minimum absolute atomic E-state index is 0.0139. The average molecular weight is 219 g/mol. The zero-order valence-corrected chi connectivity index (χ0v) is 8.88. The second kappa shape index (κ2) is 5.60. The van der Waals surface area contributed by atoms with Crippen LogP contribution in [0.1, 0.15) is 17.3 Å². The van der Waals surface area contributed by atoms with Crippen molar-refractivity contribution in [2.75, 3.05) is 5.73 Å². The summed E-state index contributed by atoms with van der Waals surface area (Å²) in [5.41, 5.74) is 5.73. The molecule has 0 saturated carbocycles. The highest BCUT2D eigenvalue weighted by molar-refractivity contribution is 5.94. The maximum Gasteiger partial charge on any atom is 0.190 e. The predicted octanol–water partition coefficient (Wildman–Crippen LogP) is 2.46. The van der Waals surface area contributed by atoms with E-state index < -0.39 is 0 Å². The summed E-state index contributed by atoms with van der Waals surface area (Å²) < 4.78 is 4.61. The van der Waals surface area contributed by atoms with E-state index in [1.165, 1.54) is 25.3 Å². The number of aromatic hydroxyl groups is 1. The summed E-state index contributed by atoms with van der Waals surface area (Å²) in [6.07, 6.45) is 1.54. The number of phenols is 1. The second-order valence-electron chi connectivity index (χ2n) is 3.12. The van der Waals surface area contributed by atoms with Crippen LogP contribution in [0.15, 0.2) is 47.1 Å². The van der Waals surface area contributed by atoms with Gasteiger partial charge in [-0.05, 0) is 37.3 Å². The van der Waals surface area contributed by atoms with Crippen LogP contribution in [0.25, 0.3) is 0 Å². The largest absolute Gasteiger partial charge is 0.508 e. The molecule has 0 spiro atoms. The summed E-state index contributed by atoms with van der Waals surface area (Å²) in [6, 6.07) is 9.62. The van der Waals surface area contributed by atoms with E-state index in [1.54, 1.807) is 24.3 Å². The third-order valence-electron chi connectivity index (χ3n) is 1.82. The quantitative estimate of drug-likeness (QED) is 0.722. The van der Waals surface area contributed by atoms with Crippen molar-refractivity contribution < 1.29 is 14.3 Å². The molecular formula is C12H13NO3. The third-order valence-corrected chi connectivity index (χ3v) is 1.82. The Kier molecular flexibility index (Phi) is 4.15. The van der Waals surface area contributed by atoms with Crippen LogP contribution in [0, 0.1) is 0 Å². The molecule has 2 aromatic rings. The molecule has 4 nitrogen and oxygen atoms in total. The van der Waals surface area contributed by atoms with Crippen LogP contribution in [-0.2, 0) is 0 Å². The van der Waals surface area contributed by atoms with Crippen LogP contribution in [0.3, 0.4) is 0 Å². The molecule has 0 radical (unpaired) electrons. The van der Waals surface area contributed by atoms with Gasteiger partial charge in [-0.25, -0.2) is 0 Å². The zero-order valence-electron chi connectivity index (χ0n) is 8.88. The van der Waals surface area contributed by atoms with Gasteiger partial charge in [0, 0.05) is 11.6 Å². The van der Waals surface area contributed by atoms with E-state index in [4.69, 9.17) is 10.8 Å². The lowest BCUT2D eigenvalue weighted by Gasteiger charge is -1.93. The van der Waals surface area contributed by atoms with E-state index in [-0.39, 0.29) is 11.5 Å². The lowest BCUT2D eigenvalue weighted by atomic mass is 10.1. The SMILES string of the molecule is CC(=O)c1ccc(O)cc1.Nc1ccco1. The van der Waals surface area contributed by atoms with Crippen LogP contribution < -0.4 is 5.73 Å². The monoisotopic (exact) mass is 219 g/mol. The van der Waals surface area contributed by atoms with Gasteiger partial charge in [0.2, 0.25) is 0 Å². The first-order valence-corrected chi connectivity index (χ1v) is 4.68. The maximum absolute atomic E-state index is 10.7. The predicted molar refractivity (Wildman–Crippen MR) is 61.2 cm³/mol. The zero-order chi connectivity index (χ0) is 12.0. The molecule has 84 valence electrons. The number of carbonyl (C=O) groups is 1. The Hall–Kier alpha value is -2.23. The normalized spacial score (nSPS) is 9.06. The van der Waals surface area contributed by atoms with Gasteiger partial charge in [-0.1, -0.05) is 0 Å². The molecule has 0 fully saturated rings. The van der Waals surface area contributed by atoms with Crippen molar-refractivity contribution in [3.63, 3.8) is 0 Å². The molecular weight excluding hydrogens is 206 g/mol. The Morgan fingerprint density at radius 2 is 1.88 bits per heavy atom. The number of hydrogen-bond acceptors (Lipinski definition) is 4. The summed E-state index contributed by atoms with van der Waals surface area (Å²) in [5.74, 6) is 0.667. The summed E-state index contributed by atoms with van der Waals surface area (Å²) in [4.78, 5) is 10.7. The van der Waals surface area contributed by atoms with E-state index in [0.29, 0.717) is 11.4 Å². The van der Waals surface area contributed by atoms with Crippen LogP contribution in [-0.4, -0.2) is 10.9 Å². The van der Waals surface area contributed by atoms with Crippen molar-refractivity contribution in [2.45, 2.75) is 6.92 Å². The molecule has 1 heterocycles. The van der Waals surface area contributed by atoms with Crippen LogP contribution in [0.2, 0.25) is 0 Å². The Balaban J connectivity index is 0.000000181. The van der Waals surface area contributed by atoms with Crippen molar-refractivity contribution in [3.8, 4) is 5.75 Å². The summed E-state index contributed by atoms with van der Waals surface area (Å²) in [7, 11) is 0. The summed E-state index contributed by atoms with van der Waals surface area (Å²) in [6.45, 7) is 1.49. The van der Waals surface area contributed by atoms with E-state index in [1.807, 2.05) is 0 Å². The fourth-order valence-corrected chi connectivity index (χ4v) is 0.987. The number of Topliss-reactive ketones (excluding diaryl/α,β-unsaturated/α-hetero) is 1. The number of anilines is 1. The summed E-state index contributed by atoms with van der Waals surface area (Å²) in [5, 5.41) is 8.83. The van der Waals surface area contributed by atoms with Crippen molar-refractivity contribution >= 4 is 11.7 Å². The Bertz CT molecular complexity index is 432. The molecule has 0 aliphatic heterocycles. The highest BCUT2D eigenvalue weighted by Gasteiger charge is 1.96. The molecule has 0 saturated heterocycles. The van der Waals surface area contributed by atoms with Crippen LogP contribution in [0.4, 0.5) is 5.88 Å². The third kappa shape index (κ3) is 3.88. The summed E-state index contributed by atoms with van der Waals surface area (Å²) >= 11 is 0. The number of benzene rings is 1. The Morgan fingerprint density at radius 3 is 2.19 bits per heavy atom. The van der Waals surface area contributed by atoms with E-state index in [0.717, 1.165) is 0 Å². The minimum Gasteiger partial charge on any atom is -0.508 e. The highest BCUT2D eigenvalue weighted by atomic mass is 16.3. The van der Waals surface area contributed by atoms with E-state index in [9.17, 15) is 4.79 Å². The molecule has 0 amide bonds. The second-order valence-corrected chi connectivity index (χ2v) is 3.12. The smallest absolute Gasteiger partial charge is 0.190 e. The molecule has 0 aliphatic carbocycles. The average Bonchev–Trinajstić information content (AvgIpc) is 2.71. The van der Waals surface area contributed by atoms with Gasteiger partial charge in [0.25, 0.3) is 0 Å². The van der Waals surface area contributed by atoms with Gasteiger partial charge in [0.05, 0.1) is 6.26 Å². The first-order chi connectivity index (χ1) is 7.59. The minimum atomic E-state index is 0.0139. The van der Waals surface area contributed by atoms with E-state index >= 15 is 0 Å². The van der Waals surface area contributed by atoms with Crippen molar-refractivity contribution in [1.29, 1.82) is 0 Å². The van der Waals surface area contributed by atoms with Crippen LogP contribution in [0.5, 0.6) is 5.75 Å². The van der Waals surface area contributed by atoms with Gasteiger partial charge in [-0.2, -0.15) is 0 Å². The van der Waals surface area contributed by atoms with Gasteiger partial charge in [-0.15, -0.1) is 0 Å². The number of nitrogen functional groups attached to an aromatic ring is 1. The molecule has 0 aliphatic rings. The fraction of sp³-hybridized carbons (Fsp3) is 0.0833. The number of furan rings is 1. The van der Waals surface area contributed by atoms with Crippen molar-refractivity contribution in [2.24, 2.45) is 0 Å². The standard InChI is InChI=1S/C8H8O2.C4H5NO/c1-6(9)7-2-4-8(10)5-3-7;5-4-2-1-3-6-4/h2-5,10H,1H3;1-3H,5H2. The first kappa shape index (κ1) is 11.8. The molecule has 1 aromatic heterocycles. The fourth-order valence-electron chi connectivity index (χ4n) is 0.987. The van der Waals surface area contributed by atoms with E-state index in [2.05, 4.69) is 4.42 Å². The van der Waals surface area contributed by atoms with Gasteiger partial charge >= 0.3 is 0 Å². The number of ketones is 1. The topological polar surface area (TPSA) is 76.5 Å². The Labute approximate surface area is 93.3 Å². The van der Waals surface area contributed by atoms with Crippen LogP contribution >= 0.6 is 0 Å². The van der Waals surface area contributed by atoms with Crippen molar-refractivity contribution in [3.05, 3.63) is 48.2 Å². The first-order valence-electron chi connectivity index (χ1n) is 4.68. The number of nitrogens with two attached hydrogens (primary N) is 1. The maximum atomic E-state index is 10.7. The molecule has 3 N–H and O–H groups in total. The highest BCUT2D eigenvalue weighted by Crippen LogP contribution is 2.09. The molecule has 2 rings (SSSR count). The lowest BCUT2D eigenvalue weighted by molar-refractivity contribution is 0.101. The number of hydrogen-bond donors (Lipinski definition) is 2. The molecule has 0 bridgehead atoms. The number of rotatable bonds is 1. The van der Waals surface area contributed by atoms with Gasteiger partial charge in [-0.3, -0.25) is 4.79 Å². The number of phenolic OH excluding ortho intramolecular Hbond substituents is 1. The molecule has 1 aromatic carbocycles. The molecule has 4 heteroatoms. The van der Waals surface area contributed by atoms with Gasteiger partial charge < -0.3 is 15.3 Å². The molecule has 0 atom stereocenters. The van der Waals surface area contributed by atoms with Gasteiger partial charge in [0.1, 0.15) is 5.75 Å². The van der Waals surface area contributed by atoms with Gasteiger partial charge in [0.15, 0.2) is 11.7 Å². The Morgan fingerprint density at radius 1 is 1.25 bits per heavy atom. The number of carbonyl (C=O) groups excluding carboxylic acids is 1.